The summed E-state index contributed by atoms with van der Waals surface area (Å²) in [6.45, 7) is 7.34. The van der Waals surface area contributed by atoms with Crippen LogP contribution in [0.5, 0.6) is 0 Å². The van der Waals surface area contributed by atoms with Crippen LogP contribution in [0.4, 0.5) is 5.69 Å². The molecule has 0 unspecified atom stereocenters. The molecular formula is C19H30IN7OS. The number of aryl methyl sites for hydroxylation is 3. The summed E-state index contributed by atoms with van der Waals surface area (Å²) in [4.78, 5) is 25.7. The van der Waals surface area contributed by atoms with Gasteiger partial charge < -0.3 is 15.1 Å². The van der Waals surface area contributed by atoms with Crippen LogP contribution in [-0.2, 0) is 18.3 Å². The molecular weight excluding hydrogens is 501 g/mol. The van der Waals surface area contributed by atoms with Gasteiger partial charge in [-0.2, -0.15) is 5.10 Å². The molecule has 3 rings (SSSR count). The minimum absolute atomic E-state index is 0. The van der Waals surface area contributed by atoms with Crippen molar-refractivity contribution < 1.29 is 4.79 Å². The standard InChI is InChI=1S/C19H29N7OS.HI/c1-4-20-19(21-8-6-5-7-17-23-15(2)14-28-17)25-9-10-26(18(27)13-25)16-11-22-24(3)12-16;/h11-12,14H,4-10,13H2,1-3H3,(H,20,21);1H. The molecule has 0 atom stereocenters. The molecule has 29 heavy (non-hydrogen) atoms. The second-order valence-corrected chi connectivity index (χ2v) is 7.86. The van der Waals surface area contributed by atoms with Gasteiger partial charge in [0.15, 0.2) is 5.96 Å². The normalized spacial score (nSPS) is 14.9. The van der Waals surface area contributed by atoms with E-state index in [9.17, 15) is 4.79 Å². The predicted octanol–water partition coefficient (Wildman–Crippen LogP) is 2.44. The third kappa shape index (κ3) is 6.66. The smallest absolute Gasteiger partial charge is 0.246 e. The number of hydrogen-bond donors (Lipinski definition) is 1. The van der Waals surface area contributed by atoms with Gasteiger partial charge in [0.05, 0.1) is 16.9 Å². The molecule has 2 aromatic rings. The van der Waals surface area contributed by atoms with E-state index in [4.69, 9.17) is 4.99 Å². The molecule has 1 saturated heterocycles. The zero-order valence-electron chi connectivity index (χ0n) is 17.3. The Balaban J connectivity index is 0.00000300. The van der Waals surface area contributed by atoms with Gasteiger partial charge in [-0.15, -0.1) is 35.3 Å². The quantitative estimate of drug-likeness (QED) is 0.257. The van der Waals surface area contributed by atoms with Crippen molar-refractivity contribution in [2.24, 2.45) is 12.0 Å². The summed E-state index contributed by atoms with van der Waals surface area (Å²) in [6.07, 6.45) is 6.70. The Morgan fingerprint density at radius 1 is 1.34 bits per heavy atom. The number of anilines is 1. The fourth-order valence-corrected chi connectivity index (χ4v) is 4.01. The highest BCUT2D eigenvalue weighted by molar-refractivity contribution is 14.0. The Morgan fingerprint density at radius 3 is 2.79 bits per heavy atom. The molecule has 1 aliphatic rings. The van der Waals surface area contributed by atoms with Crippen molar-refractivity contribution in [3.05, 3.63) is 28.5 Å². The fourth-order valence-electron chi connectivity index (χ4n) is 3.19. The third-order valence-electron chi connectivity index (χ3n) is 4.58. The van der Waals surface area contributed by atoms with Crippen molar-refractivity contribution in [3.63, 3.8) is 0 Å². The average molecular weight is 531 g/mol. The number of guanidine groups is 1. The Bertz CT molecular complexity index is 819. The van der Waals surface area contributed by atoms with Crippen molar-refractivity contribution >= 4 is 52.9 Å². The van der Waals surface area contributed by atoms with Crippen molar-refractivity contribution in [3.8, 4) is 0 Å². The number of thiazole rings is 1. The highest BCUT2D eigenvalue weighted by Crippen LogP contribution is 2.16. The number of nitrogens with one attached hydrogen (secondary N) is 1. The van der Waals surface area contributed by atoms with E-state index < -0.39 is 0 Å². The molecule has 0 aromatic carbocycles. The first-order valence-corrected chi connectivity index (χ1v) is 10.7. The van der Waals surface area contributed by atoms with E-state index in [1.807, 2.05) is 32.0 Å². The van der Waals surface area contributed by atoms with Crippen LogP contribution in [0.3, 0.4) is 0 Å². The van der Waals surface area contributed by atoms with Crippen molar-refractivity contribution in [1.82, 2.24) is 25.0 Å². The van der Waals surface area contributed by atoms with Crippen LogP contribution >= 0.6 is 35.3 Å². The SMILES string of the molecule is CCNC(=NCCCCc1nc(C)cs1)N1CCN(c2cnn(C)c2)C(=O)C1.I. The molecule has 1 fully saturated rings. The number of unbranched alkanes of at least 4 members (excludes halogenated alkanes) is 1. The first-order chi connectivity index (χ1) is 13.6. The predicted molar refractivity (Wildman–Crippen MR) is 128 cm³/mol. The van der Waals surface area contributed by atoms with Crippen LogP contribution in [0, 0.1) is 6.92 Å². The maximum absolute atomic E-state index is 12.6. The van der Waals surface area contributed by atoms with Crippen molar-refractivity contribution in [2.75, 3.05) is 37.6 Å². The Kier molecular flexibility index (Phi) is 9.34. The van der Waals surface area contributed by atoms with Crippen LogP contribution in [0.1, 0.15) is 30.5 Å². The number of aliphatic imine (C=N–C) groups is 1. The Labute approximate surface area is 193 Å². The van der Waals surface area contributed by atoms with E-state index in [0.717, 1.165) is 56.2 Å². The fraction of sp³-hybridized carbons (Fsp3) is 0.579. The van der Waals surface area contributed by atoms with Gasteiger partial charge >= 0.3 is 0 Å². The average Bonchev–Trinajstić information content (AvgIpc) is 3.28. The molecule has 2 aromatic heterocycles. The van der Waals surface area contributed by atoms with Gasteiger partial charge in [-0.25, -0.2) is 4.98 Å². The molecule has 1 aliphatic heterocycles. The maximum Gasteiger partial charge on any atom is 0.246 e. The van der Waals surface area contributed by atoms with Gasteiger partial charge in [-0.05, 0) is 33.1 Å². The van der Waals surface area contributed by atoms with Crippen LogP contribution in [0.15, 0.2) is 22.8 Å². The number of rotatable bonds is 7. The lowest BCUT2D eigenvalue weighted by Crippen LogP contribution is -2.55. The molecule has 0 aliphatic carbocycles. The molecule has 3 heterocycles. The minimum atomic E-state index is 0. The molecule has 0 spiro atoms. The number of halogens is 1. The number of aromatic nitrogens is 3. The molecule has 1 N–H and O–H groups in total. The number of carbonyl (C=O) groups excluding carboxylic acids is 1. The van der Waals surface area contributed by atoms with E-state index in [1.165, 1.54) is 5.01 Å². The number of carbonyl (C=O) groups is 1. The first kappa shape index (κ1) is 23.6. The second-order valence-electron chi connectivity index (χ2n) is 6.91. The molecule has 1 amide bonds. The van der Waals surface area contributed by atoms with E-state index >= 15 is 0 Å². The zero-order chi connectivity index (χ0) is 19.9. The lowest BCUT2D eigenvalue weighted by molar-refractivity contribution is -0.120. The Hall–Kier alpha value is -1.69. The topological polar surface area (TPSA) is 78.7 Å². The monoisotopic (exact) mass is 531 g/mol. The van der Waals surface area contributed by atoms with Gasteiger partial charge in [-0.1, -0.05) is 0 Å². The summed E-state index contributed by atoms with van der Waals surface area (Å²) in [5.41, 5.74) is 1.95. The van der Waals surface area contributed by atoms with Crippen LogP contribution in [0.2, 0.25) is 0 Å². The van der Waals surface area contributed by atoms with E-state index in [-0.39, 0.29) is 29.9 Å². The van der Waals surface area contributed by atoms with Crippen molar-refractivity contribution in [1.29, 1.82) is 0 Å². The highest BCUT2D eigenvalue weighted by atomic mass is 127. The zero-order valence-corrected chi connectivity index (χ0v) is 20.4. The first-order valence-electron chi connectivity index (χ1n) is 9.80. The number of piperazine rings is 1. The summed E-state index contributed by atoms with van der Waals surface area (Å²) in [5, 5.41) is 10.8. The minimum Gasteiger partial charge on any atom is -0.357 e. The molecule has 8 nitrogen and oxygen atoms in total. The largest absolute Gasteiger partial charge is 0.357 e. The maximum atomic E-state index is 12.6. The summed E-state index contributed by atoms with van der Waals surface area (Å²) in [5.74, 6) is 0.899. The second kappa shape index (κ2) is 11.5. The summed E-state index contributed by atoms with van der Waals surface area (Å²) < 4.78 is 1.72. The van der Waals surface area contributed by atoms with Crippen LogP contribution in [-0.4, -0.2) is 64.3 Å². The molecule has 0 saturated carbocycles. The van der Waals surface area contributed by atoms with Gasteiger partial charge in [0.25, 0.3) is 0 Å². The number of amides is 1. The van der Waals surface area contributed by atoms with E-state index in [0.29, 0.717) is 13.1 Å². The number of nitrogens with zero attached hydrogens (tertiary/aromatic N) is 6. The van der Waals surface area contributed by atoms with Crippen LogP contribution in [0.25, 0.3) is 0 Å². The van der Waals surface area contributed by atoms with Gasteiger partial charge in [0, 0.05) is 50.5 Å². The summed E-state index contributed by atoms with van der Waals surface area (Å²) in [7, 11) is 1.86. The number of hydrogen-bond acceptors (Lipinski definition) is 5. The molecule has 160 valence electrons. The van der Waals surface area contributed by atoms with Crippen LogP contribution < -0.4 is 10.2 Å². The molecule has 0 bridgehead atoms. The van der Waals surface area contributed by atoms with Gasteiger partial charge in [0.2, 0.25) is 5.91 Å². The van der Waals surface area contributed by atoms with Crippen molar-refractivity contribution in [2.45, 2.75) is 33.1 Å². The third-order valence-corrected chi connectivity index (χ3v) is 5.61. The van der Waals surface area contributed by atoms with E-state index in [1.54, 1.807) is 27.1 Å². The Morgan fingerprint density at radius 2 is 2.17 bits per heavy atom. The summed E-state index contributed by atoms with van der Waals surface area (Å²) >= 11 is 1.73. The molecule has 10 heteroatoms. The van der Waals surface area contributed by atoms with Gasteiger partial charge in [-0.3, -0.25) is 14.5 Å². The molecule has 0 radical (unpaired) electrons. The summed E-state index contributed by atoms with van der Waals surface area (Å²) in [6, 6.07) is 0. The van der Waals surface area contributed by atoms with Gasteiger partial charge in [0.1, 0.15) is 6.54 Å². The lowest BCUT2D eigenvalue weighted by atomic mass is 10.2. The highest BCUT2D eigenvalue weighted by Gasteiger charge is 2.27. The van der Waals surface area contributed by atoms with E-state index in [2.05, 4.69) is 20.8 Å². The lowest BCUT2D eigenvalue weighted by Gasteiger charge is -2.35.